The maximum atomic E-state index is 11.8. The normalized spacial score (nSPS) is 9.89. The van der Waals surface area contributed by atoms with Gasteiger partial charge in [-0.1, -0.05) is 6.07 Å². The average molecular weight is 258 g/mol. The number of carboxylic acids is 1. The van der Waals surface area contributed by atoms with Gasteiger partial charge in [0.25, 0.3) is 5.91 Å². The number of carboxylic acid groups (broad SMARTS) is 1. The number of anilines is 1. The highest BCUT2D eigenvalue weighted by Crippen LogP contribution is 2.24. The number of aromatic hydroxyl groups is 1. The summed E-state index contributed by atoms with van der Waals surface area (Å²) in [4.78, 5) is 26.5. The van der Waals surface area contributed by atoms with Gasteiger partial charge < -0.3 is 15.5 Å². The Morgan fingerprint density at radius 2 is 1.95 bits per heavy atom. The molecular weight excluding hydrogens is 248 g/mol. The number of phenols is 1. The Bertz CT molecular complexity index is 626. The minimum absolute atomic E-state index is 0.0237. The van der Waals surface area contributed by atoms with Gasteiger partial charge in [-0.25, -0.2) is 4.79 Å². The van der Waals surface area contributed by atoms with Crippen molar-refractivity contribution < 1.29 is 19.8 Å². The first-order valence-electron chi connectivity index (χ1n) is 5.36. The number of rotatable bonds is 3. The molecule has 0 spiro atoms. The summed E-state index contributed by atoms with van der Waals surface area (Å²) in [7, 11) is 0. The molecule has 3 N–H and O–H groups in total. The largest absolute Gasteiger partial charge is 0.506 e. The van der Waals surface area contributed by atoms with Crippen LogP contribution in [-0.4, -0.2) is 27.1 Å². The number of amides is 1. The third kappa shape index (κ3) is 2.86. The van der Waals surface area contributed by atoms with Gasteiger partial charge in [-0.15, -0.1) is 0 Å². The van der Waals surface area contributed by atoms with Gasteiger partial charge >= 0.3 is 5.97 Å². The number of carbonyl (C=O) groups is 2. The molecule has 0 radical (unpaired) electrons. The zero-order valence-electron chi connectivity index (χ0n) is 9.70. The van der Waals surface area contributed by atoms with Crippen LogP contribution in [0.15, 0.2) is 42.6 Å². The van der Waals surface area contributed by atoms with E-state index < -0.39 is 11.9 Å². The SMILES string of the molecule is O=C(O)c1ccc(O)c(NC(=O)c2ccccn2)c1. The highest BCUT2D eigenvalue weighted by atomic mass is 16.4. The summed E-state index contributed by atoms with van der Waals surface area (Å²) in [6.45, 7) is 0. The first-order valence-corrected chi connectivity index (χ1v) is 5.36. The fourth-order valence-corrected chi connectivity index (χ4v) is 1.45. The van der Waals surface area contributed by atoms with Crippen molar-refractivity contribution in [2.75, 3.05) is 5.32 Å². The summed E-state index contributed by atoms with van der Waals surface area (Å²) in [5.74, 6) is -1.89. The van der Waals surface area contributed by atoms with Crippen molar-refractivity contribution in [1.82, 2.24) is 4.98 Å². The van der Waals surface area contributed by atoms with E-state index in [9.17, 15) is 14.7 Å². The Morgan fingerprint density at radius 3 is 2.58 bits per heavy atom. The molecule has 1 heterocycles. The van der Waals surface area contributed by atoms with E-state index in [-0.39, 0.29) is 22.7 Å². The first-order chi connectivity index (χ1) is 9.08. The van der Waals surface area contributed by atoms with Crippen LogP contribution in [0.2, 0.25) is 0 Å². The number of nitrogens with one attached hydrogen (secondary N) is 1. The molecule has 6 heteroatoms. The number of nitrogens with zero attached hydrogens (tertiary/aromatic N) is 1. The van der Waals surface area contributed by atoms with E-state index in [1.807, 2.05) is 0 Å². The van der Waals surface area contributed by atoms with E-state index >= 15 is 0 Å². The maximum absolute atomic E-state index is 11.8. The molecule has 1 aromatic carbocycles. The van der Waals surface area contributed by atoms with Crippen molar-refractivity contribution in [2.45, 2.75) is 0 Å². The zero-order valence-corrected chi connectivity index (χ0v) is 9.70. The molecule has 0 saturated heterocycles. The number of phenolic OH excluding ortho intramolecular Hbond substituents is 1. The standard InChI is InChI=1S/C13H10N2O4/c16-11-5-4-8(13(18)19)7-10(11)15-12(17)9-3-1-2-6-14-9/h1-7,16H,(H,15,17)(H,18,19). The van der Waals surface area contributed by atoms with E-state index in [4.69, 9.17) is 5.11 Å². The lowest BCUT2D eigenvalue weighted by molar-refractivity contribution is 0.0696. The molecule has 19 heavy (non-hydrogen) atoms. The summed E-state index contributed by atoms with van der Waals surface area (Å²) < 4.78 is 0. The van der Waals surface area contributed by atoms with Gasteiger partial charge in [0, 0.05) is 6.20 Å². The fraction of sp³-hybridized carbons (Fsp3) is 0. The van der Waals surface area contributed by atoms with E-state index in [1.165, 1.54) is 30.5 Å². The molecule has 0 fully saturated rings. The summed E-state index contributed by atoms with van der Waals surface area (Å²) in [6.07, 6.45) is 1.46. The molecule has 1 amide bonds. The van der Waals surface area contributed by atoms with Crippen molar-refractivity contribution in [3.63, 3.8) is 0 Å². The summed E-state index contributed by atoms with van der Waals surface area (Å²) in [6, 6.07) is 8.45. The highest BCUT2D eigenvalue weighted by Gasteiger charge is 2.12. The van der Waals surface area contributed by atoms with E-state index in [1.54, 1.807) is 12.1 Å². The van der Waals surface area contributed by atoms with E-state index in [0.29, 0.717) is 0 Å². The van der Waals surface area contributed by atoms with Gasteiger partial charge in [-0.05, 0) is 30.3 Å². The van der Waals surface area contributed by atoms with Crippen LogP contribution in [-0.2, 0) is 0 Å². The van der Waals surface area contributed by atoms with Crippen LogP contribution in [0, 0.1) is 0 Å². The molecule has 2 aromatic rings. The number of hydrogen-bond acceptors (Lipinski definition) is 4. The predicted molar refractivity (Wildman–Crippen MR) is 67.3 cm³/mol. The Kier molecular flexibility index (Phi) is 3.42. The Morgan fingerprint density at radius 1 is 1.16 bits per heavy atom. The fourth-order valence-electron chi connectivity index (χ4n) is 1.45. The monoisotopic (exact) mass is 258 g/mol. The molecule has 0 aliphatic heterocycles. The number of carbonyl (C=O) groups excluding carboxylic acids is 1. The summed E-state index contributed by atoms with van der Waals surface area (Å²) >= 11 is 0. The topological polar surface area (TPSA) is 99.5 Å². The molecular formula is C13H10N2O4. The number of hydrogen-bond donors (Lipinski definition) is 3. The van der Waals surface area contributed by atoms with Gasteiger partial charge in [0.15, 0.2) is 0 Å². The third-order valence-electron chi connectivity index (χ3n) is 2.39. The second kappa shape index (κ2) is 5.18. The van der Waals surface area contributed by atoms with Gasteiger partial charge in [-0.2, -0.15) is 0 Å². The molecule has 0 atom stereocenters. The molecule has 0 bridgehead atoms. The van der Waals surface area contributed by atoms with Gasteiger partial charge in [0.1, 0.15) is 11.4 Å². The Labute approximate surface area is 108 Å². The van der Waals surface area contributed by atoms with Gasteiger partial charge in [0.05, 0.1) is 11.3 Å². The molecule has 0 unspecified atom stereocenters. The van der Waals surface area contributed by atoms with Crippen LogP contribution in [0.1, 0.15) is 20.8 Å². The van der Waals surface area contributed by atoms with Crippen LogP contribution in [0.25, 0.3) is 0 Å². The molecule has 0 aliphatic rings. The smallest absolute Gasteiger partial charge is 0.335 e. The molecule has 2 rings (SSSR count). The second-order valence-corrected chi connectivity index (χ2v) is 3.71. The number of aromatic carboxylic acids is 1. The molecule has 6 nitrogen and oxygen atoms in total. The van der Waals surface area contributed by atoms with E-state index in [2.05, 4.69) is 10.3 Å². The Balaban J connectivity index is 2.26. The van der Waals surface area contributed by atoms with Crippen LogP contribution >= 0.6 is 0 Å². The second-order valence-electron chi connectivity index (χ2n) is 3.71. The van der Waals surface area contributed by atoms with E-state index in [0.717, 1.165) is 0 Å². The zero-order chi connectivity index (χ0) is 13.8. The first kappa shape index (κ1) is 12.6. The van der Waals surface area contributed by atoms with Crippen molar-refractivity contribution in [2.24, 2.45) is 0 Å². The molecule has 96 valence electrons. The third-order valence-corrected chi connectivity index (χ3v) is 2.39. The molecule has 0 saturated carbocycles. The van der Waals surface area contributed by atoms with Crippen molar-refractivity contribution >= 4 is 17.6 Å². The van der Waals surface area contributed by atoms with Crippen molar-refractivity contribution in [1.29, 1.82) is 0 Å². The van der Waals surface area contributed by atoms with Crippen LogP contribution in [0.3, 0.4) is 0 Å². The molecule has 1 aromatic heterocycles. The summed E-state index contributed by atoms with van der Waals surface area (Å²) in [5.41, 5.74) is 0.160. The van der Waals surface area contributed by atoms with Crippen LogP contribution in [0.5, 0.6) is 5.75 Å². The quantitative estimate of drug-likeness (QED) is 0.728. The molecule has 0 aliphatic carbocycles. The number of aromatic nitrogens is 1. The van der Waals surface area contributed by atoms with Crippen molar-refractivity contribution in [3.8, 4) is 5.75 Å². The maximum Gasteiger partial charge on any atom is 0.335 e. The highest BCUT2D eigenvalue weighted by molar-refractivity contribution is 6.04. The average Bonchev–Trinajstić information content (AvgIpc) is 2.42. The number of benzene rings is 1. The lowest BCUT2D eigenvalue weighted by atomic mass is 10.2. The predicted octanol–water partition coefficient (Wildman–Crippen LogP) is 1.74. The number of pyridine rings is 1. The Hall–Kier alpha value is -2.89. The minimum Gasteiger partial charge on any atom is -0.506 e. The lowest BCUT2D eigenvalue weighted by Gasteiger charge is -2.07. The van der Waals surface area contributed by atoms with Crippen molar-refractivity contribution in [3.05, 3.63) is 53.9 Å². The van der Waals surface area contributed by atoms with Gasteiger partial charge in [0.2, 0.25) is 0 Å². The lowest BCUT2D eigenvalue weighted by Crippen LogP contribution is -2.14. The summed E-state index contributed by atoms with van der Waals surface area (Å²) in [5, 5.41) is 20.8. The van der Waals surface area contributed by atoms with Crippen LogP contribution in [0.4, 0.5) is 5.69 Å². The minimum atomic E-state index is -1.15. The van der Waals surface area contributed by atoms with Crippen LogP contribution < -0.4 is 5.32 Å². The van der Waals surface area contributed by atoms with Gasteiger partial charge in [-0.3, -0.25) is 9.78 Å².